The molecule has 2 heteroatoms. The van der Waals surface area contributed by atoms with Gasteiger partial charge in [-0.15, -0.1) is 11.3 Å². The summed E-state index contributed by atoms with van der Waals surface area (Å²) in [6.07, 6.45) is 0. The lowest BCUT2D eigenvalue weighted by Gasteiger charge is -2.28. The number of hydrogen-bond donors (Lipinski definition) is 0. The second kappa shape index (κ2) is 13.7. The summed E-state index contributed by atoms with van der Waals surface area (Å²) in [7, 11) is 0. The Kier molecular flexibility index (Phi) is 8.09. The SMILES string of the molecule is c1ccc(-c2ccc(-c3ccc(N(c4cccc(-c5ccc(-c6ccccc6)cc5)c4)c4cc5sc6ccccc6c5c5ccccc45)cc3)cc2)cc1. The number of nitrogens with zero attached hydrogens (tertiary/aromatic N) is 1. The summed E-state index contributed by atoms with van der Waals surface area (Å²) < 4.78 is 2.60. The average molecular weight is 706 g/mol. The van der Waals surface area contributed by atoms with E-state index in [9.17, 15) is 0 Å². The summed E-state index contributed by atoms with van der Waals surface area (Å²) in [4.78, 5) is 2.44. The van der Waals surface area contributed by atoms with E-state index < -0.39 is 0 Å². The Morgan fingerprint density at radius 2 is 0.722 bits per heavy atom. The second-order valence-electron chi connectivity index (χ2n) is 13.7. The van der Waals surface area contributed by atoms with E-state index in [4.69, 9.17) is 0 Å². The van der Waals surface area contributed by atoms with E-state index in [1.165, 1.54) is 81.1 Å². The van der Waals surface area contributed by atoms with Gasteiger partial charge in [0.2, 0.25) is 0 Å². The van der Waals surface area contributed by atoms with E-state index in [-0.39, 0.29) is 0 Å². The first-order chi connectivity index (χ1) is 26.8. The van der Waals surface area contributed by atoms with Crippen LogP contribution in [0.25, 0.3) is 75.5 Å². The van der Waals surface area contributed by atoms with Gasteiger partial charge < -0.3 is 4.90 Å². The van der Waals surface area contributed by atoms with Gasteiger partial charge in [0, 0.05) is 36.9 Å². The van der Waals surface area contributed by atoms with Gasteiger partial charge in [0.05, 0.1) is 5.69 Å². The van der Waals surface area contributed by atoms with Crippen molar-refractivity contribution in [3.8, 4) is 44.5 Å². The van der Waals surface area contributed by atoms with Gasteiger partial charge >= 0.3 is 0 Å². The fourth-order valence-corrected chi connectivity index (χ4v) is 8.94. The van der Waals surface area contributed by atoms with Crippen LogP contribution in [0, 0.1) is 0 Å². The maximum absolute atomic E-state index is 2.44. The first-order valence-electron chi connectivity index (χ1n) is 18.4. The molecule has 0 saturated heterocycles. The van der Waals surface area contributed by atoms with Gasteiger partial charge in [-0.2, -0.15) is 0 Å². The van der Waals surface area contributed by atoms with E-state index in [0.29, 0.717) is 0 Å². The predicted octanol–water partition coefficient (Wildman–Crippen LogP) is 15.3. The van der Waals surface area contributed by atoms with Crippen molar-refractivity contribution in [3.63, 3.8) is 0 Å². The summed E-state index contributed by atoms with van der Waals surface area (Å²) in [6.45, 7) is 0. The van der Waals surface area contributed by atoms with E-state index in [1.54, 1.807) is 0 Å². The molecule has 254 valence electrons. The van der Waals surface area contributed by atoms with Crippen LogP contribution >= 0.6 is 11.3 Å². The first-order valence-corrected chi connectivity index (χ1v) is 19.2. The molecule has 0 aliphatic rings. The summed E-state index contributed by atoms with van der Waals surface area (Å²) in [5.74, 6) is 0. The van der Waals surface area contributed by atoms with Crippen LogP contribution in [0.2, 0.25) is 0 Å². The highest BCUT2D eigenvalue weighted by Crippen LogP contribution is 2.47. The Hall–Kier alpha value is -6.74. The number of hydrogen-bond acceptors (Lipinski definition) is 2. The van der Waals surface area contributed by atoms with Crippen molar-refractivity contribution in [1.82, 2.24) is 0 Å². The van der Waals surface area contributed by atoms with Crippen molar-refractivity contribution in [3.05, 3.63) is 212 Å². The van der Waals surface area contributed by atoms with Crippen LogP contribution in [0.4, 0.5) is 17.1 Å². The monoisotopic (exact) mass is 705 g/mol. The van der Waals surface area contributed by atoms with Crippen molar-refractivity contribution < 1.29 is 0 Å². The first kappa shape index (κ1) is 32.0. The molecule has 10 rings (SSSR count). The minimum Gasteiger partial charge on any atom is -0.310 e. The van der Waals surface area contributed by atoms with Crippen molar-refractivity contribution in [2.75, 3.05) is 4.90 Å². The van der Waals surface area contributed by atoms with Gasteiger partial charge in [0.25, 0.3) is 0 Å². The molecule has 0 atom stereocenters. The predicted molar refractivity (Wildman–Crippen MR) is 233 cm³/mol. The molecule has 0 saturated carbocycles. The molecule has 54 heavy (non-hydrogen) atoms. The van der Waals surface area contributed by atoms with E-state index in [0.717, 1.165) is 11.4 Å². The Labute approximate surface area is 319 Å². The molecular formula is C52H35NS. The molecule has 0 aliphatic heterocycles. The third kappa shape index (κ3) is 5.84. The lowest BCUT2D eigenvalue weighted by Crippen LogP contribution is -2.10. The van der Waals surface area contributed by atoms with Crippen LogP contribution < -0.4 is 4.90 Å². The zero-order chi connectivity index (χ0) is 35.8. The summed E-state index contributed by atoms with van der Waals surface area (Å²) in [6, 6.07) is 77.1. The summed E-state index contributed by atoms with van der Waals surface area (Å²) in [5.41, 5.74) is 13.1. The standard InChI is InChI=1S/C52H35NS/c1-3-12-36(13-4-1)38-22-24-40(25-23-38)41-30-32-44(33-31-41)53(45-17-11-16-43(34-45)42-28-26-39(27-29-42)37-14-5-2-6-15-37)49-35-51-52(47-19-8-7-18-46(47)49)48-20-9-10-21-50(48)54-51/h1-35H. The summed E-state index contributed by atoms with van der Waals surface area (Å²) in [5, 5.41) is 5.15. The number of anilines is 3. The van der Waals surface area contributed by atoms with Crippen molar-refractivity contribution >= 4 is 59.3 Å². The minimum atomic E-state index is 1.11. The van der Waals surface area contributed by atoms with Crippen molar-refractivity contribution in [1.29, 1.82) is 0 Å². The highest BCUT2D eigenvalue weighted by molar-refractivity contribution is 7.26. The second-order valence-corrected chi connectivity index (χ2v) is 14.8. The molecule has 1 aromatic heterocycles. The molecule has 0 radical (unpaired) electrons. The fraction of sp³-hybridized carbons (Fsp3) is 0. The molecule has 0 unspecified atom stereocenters. The van der Waals surface area contributed by atoms with Crippen molar-refractivity contribution in [2.24, 2.45) is 0 Å². The number of thiophene rings is 1. The molecule has 10 aromatic rings. The zero-order valence-electron chi connectivity index (χ0n) is 29.6. The maximum atomic E-state index is 2.44. The zero-order valence-corrected chi connectivity index (χ0v) is 30.4. The topological polar surface area (TPSA) is 3.24 Å². The van der Waals surface area contributed by atoms with E-state index in [2.05, 4.69) is 217 Å². The van der Waals surface area contributed by atoms with Gasteiger partial charge in [-0.05, 0) is 86.3 Å². The van der Waals surface area contributed by atoms with Gasteiger partial charge in [-0.3, -0.25) is 0 Å². The van der Waals surface area contributed by atoms with Crippen LogP contribution in [0.3, 0.4) is 0 Å². The Morgan fingerprint density at radius 3 is 1.31 bits per heavy atom. The molecule has 0 amide bonds. The lowest BCUT2D eigenvalue weighted by atomic mass is 9.98. The van der Waals surface area contributed by atoms with Crippen LogP contribution in [0.5, 0.6) is 0 Å². The molecule has 1 heterocycles. The van der Waals surface area contributed by atoms with Crippen LogP contribution in [-0.4, -0.2) is 0 Å². The number of fused-ring (bicyclic) bond motifs is 5. The molecule has 0 spiro atoms. The average Bonchev–Trinajstić information content (AvgIpc) is 3.64. The van der Waals surface area contributed by atoms with Crippen LogP contribution in [0.1, 0.15) is 0 Å². The molecule has 0 aliphatic carbocycles. The highest BCUT2D eigenvalue weighted by atomic mass is 32.1. The Bertz CT molecular complexity index is 2890. The molecule has 1 nitrogen and oxygen atoms in total. The summed E-state index contributed by atoms with van der Waals surface area (Å²) >= 11 is 1.87. The third-order valence-corrected chi connectivity index (χ3v) is 11.6. The third-order valence-electron chi connectivity index (χ3n) is 10.5. The van der Waals surface area contributed by atoms with Gasteiger partial charge in [0.1, 0.15) is 0 Å². The van der Waals surface area contributed by atoms with Gasteiger partial charge in [-0.1, -0.05) is 176 Å². The largest absolute Gasteiger partial charge is 0.310 e. The van der Waals surface area contributed by atoms with E-state index in [1.807, 2.05) is 11.3 Å². The quantitative estimate of drug-likeness (QED) is 0.160. The van der Waals surface area contributed by atoms with Gasteiger partial charge in [0.15, 0.2) is 0 Å². The maximum Gasteiger partial charge on any atom is 0.0554 e. The number of rotatable bonds is 7. The number of benzene rings is 9. The van der Waals surface area contributed by atoms with Crippen LogP contribution in [-0.2, 0) is 0 Å². The molecule has 0 fully saturated rings. The van der Waals surface area contributed by atoms with Crippen LogP contribution in [0.15, 0.2) is 212 Å². The lowest BCUT2D eigenvalue weighted by molar-refractivity contribution is 1.30. The normalized spacial score (nSPS) is 11.3. The van der Waals surface area contributed by atoms with Gasteiger partial charge in [-0.25, -0.2) is 0 Å². The van der Waals surface area contributed by atoms with Crippen molar-refractivity contribution in [2.45, 2.75) is 0 Å². The molecule has 0 bridgehead atoms. The molecular weight excluding hydrogens is 671 g/mol. The fourth-order valence-electron chi connectivity index (χ4n) is 7.78. The minimum absolute atomic E-state index is 1.11. The Morgan fingerprint density at radius 1 is 0.278 bits per heavy atom. The highest BCUT2D eigenvalue weighted by Gasteiger charge is 2.20. The molecule has 0 N–H and O–H groups in total. The molecule has 9 aromatic carbocycles. The smallest absolute Gasteiger partial charge is 0.0554 e. The van der Waals surface area contributed by atoms with E-state index >= 15 is 0 Å². The Balaban J connectivity index is 1.10.